The second kappa shape index (κ2) is 5.83. The van der Waals surface area contributed by atoms with E-state index in [2.05, 4.69) is 22.5 Å². The summed E-state index contributed by atoms with van der Waals surface area (Å²) in [6.45, 7) is 8.27. The topological polar surface area (TPSA) is 80.0 Å². The van der Waals surface area contributed by atoms with Crippen LogP contribution in [0.15, 0.2) is 0 Å². The van der Waals surface area contributed by atoms with E-state index in [4.69, 9.17) is 5.73 Å². The Balaban J connectivity index is 2.08. The lowest BCUT2D eigenvalue weighted by Crippen LogP contribution is -2.47. The van der Waals surface area contributed by atoms with E-state index in [-0.39, 0.29) is 17.0 Å². The van der Waals surface area contributed by atoms with Crippen LogP contribution in [0.1, 0.15) is 69.5 Å². The normalized spacial score (nSPS) is 18.3. The van der Waals surface area contributed by atoms with Gasteiger partial charge in [-0.25, -0.2) is 4.98 Å². The molecule has 0 aliphatic heterocycles. The molecule has 4 N–H and O–H groups in total. The zero-order valence-corrected chi connectivity index (χ0v) is 14.2. The van der Waals surface area contributed by atoms with Crippen LogP contribution in [0.2, 0.25) is 0 Å². The Kier molecular flexibility index (Phi) is 4.46. The Labute approximate surface area is 130 Å². The minimum Gasteiger partial charge on any atom is -0.382 e. The molecule has 1 heterocycles. The van der Waals surface area contributed by atoms with Crippen molar-refractivity contribution in [3.8, 4) is 0 Å². The van der Waals surface area contributed by atoms with Crippen molar-refractivity contribution in [2.24, 2.45) is 0 Å². The summed E-state index contributed by atoms with van der Waals surface area (Å²) in [6.07, 6.45) is 5.67. The van der Waals surface area contributed by atoms with E-state index in [1.54, 1.807) is 0 Å². The van der Waals surface area contributed by atoms with Crippen LogP contribution in [0.3, 0.4) is 0 Å². The monoisotopic (exact) mass is 310 g/mol. The highest BCUT2D eigenvalue weighted by molar-refractivity contribution is 7.18. The first-order chi connectivity index (χ1) is 9.69. The van der Waals surface area contributed by atoms with Gasteiger partial charge in [-0.1, -0.05) is 30.6 Å². The lowest BCUT2D eigenvalue weighted by atomic mass is 9.83. The van der Waals surface area contributed by atoms with Gasteiger partial charge in [0.1, 0.15) is 10.7 Å². The molecule has 1 saturated carbocycles. The SMILES string of the molecule is CC(C)(C)Nc1nc(N)c(C(=O)NC2(C)CCCCC2)s1. The maximum Gasteiger partial charge on any atom is 0.265 e. The predicted octanol–water partition coefficient (Wildman–Crippen LogP) is 3.39. The standard InChI is InChI=1S/C15H26N4OS/c1-14(2,3)19-13-17-11(16)10(21-13)12(20)18-15(4)8-6-5-7-9-15/h5-9,16H2,1-4H3,(H,17,19)(H,18,20). The van der Waals surface area contributed by atoms with Gasteiger partial charge in [0.05, 0.1) is 0 Å². The Morgan fingerprint density at radius 1 is 1.29 bits per heavy atom. The average Bonchev–Trinajstić information content (AvgIpc) is 2.68. The minimum absolute atomic E-state index is 0.101. The van der Waals surface area contributed by atoms with Gasteiger partial charge in [0.25, 0.3) is 5.91 Å². The molecular formula is C15H26N4OS. The number of nitrogens with one attached hydrogen (secondary N) is 2. The number of anilines is 2. The van der Waals surface area contributed by atoms with E-state index < -0.39 is 0 Å². The summed E-state index contributed by atoms with van der Waals surface area (Å²) < 4.78 is 0. The van der Waals surface area contributed by atoms with Crippen molar-refractivity contribution in [3.05, 3.63) is 4.88 Å². The van der Waals surface area contributed by atoms with Crippen molar-refractivity contribution < 1.29 is 4.79 Å². The van der Waals surface area contributed by atoms with Gasteiger partial charge in [-0.2, -0.15) is 0 Å². The van der Waals surface area contributed by atoms with E-state index in [9.17, 15) is 4.79 Å². The summed E-state index contributed by atoms with van der Waals surface area (Å²) in [5.41, 5.74) is 5.70. The number of amides is 1. The van der Waals surface area contributed by atoms with Gasteiger partial charge < -0.3 is 16.4 Å². The molecule has 0 radical (unpaired) electrons. The predicted molar refractivity (Wildman–Crippen MR) is 88.9 cm³/mol. The number of thiazole rings is 1. The zero-order chi connectivity index (χ0) is 15.7. The summed E-state index contributed by atoms with van der Waals surface area (Å²) in [5.74, 6) is 0.208. The number of hydrogen-bond donors (Lipinski definition) is 3. The third-order valence-electron chi connectivity index (χ3n) is 3.71. The highest BCUT2D eigenvalue weighted by atomic mass is 32.1. The number of nitrogens with zero attached hydrogens (tertiary/aromatic N) is 1. The number of carbonyl (C=O) groups excluding carboxylic acids is 1. The molecule has 0 unspecified atom stereocenters. The third kappa shape index (κ3) is 4.33. The van der Waals surface area contributed by atoms with Crippen LogP contribution in [0.5, 0.6) is 0 Å². The largest absolute Gasteiger partial charge is 0.382 e. The molecule has 0 saturated heterocycles. The molecule has 6 heteroatoms. The molecule has 1 aromatic rings. The molecule has 1 aliphatic carbocycles. The van der Waals surface area contributed by atoms with E-state index >= 15 is 0 Å². The number of nitrogens with two attached hydrogens (primary N) is 1. The van der Waals surface area contributed by atoms with Crippen molar-refractivity contribution in [1.82, 2.24) is 10.3 Å². The fraction of sp³-hybridized carbons (Fsp3) is 0.733. The second-order valence-electron chi connectivity index (χ2n) is 7.18. The number of carbonyl (C=O) groups is 1. The molecule has 2 rings (SSSR count). The first kappa shape index (κ1) is 16.1. The van der Waals surface area contributed by atoms with Gasteiger partial charge in [0, 0.05) is 11.1 Å². The molecule has 5 nitrogen and oxygen atoms in total. The molecule has 0 spiro atoms. The Hall–Kier alpha value is -1.30. The Bertz CT molecular complexity index is 512. The summed E-state index contributed by atoms with van der Waals surface area (Å²) in [7, 11) is 0. The van der Waals surface area contributed by atoms with Gasteiger partial charge in [-0.05, 0) is 40.5 Å². The molecule has 1 amide bonds. The quantitative estimate of drug-likeness (QED) is 0.799. The number of hydrogen-bond acceptors (Lipinski definition) is 5. The van der Waals surface area contributed by atoms with Crippen molar-refractivity contribution in [3.63, 3.8) is 0 Å². The summed E-state index contributed by atoms with van der Waals surface area (Å²) >= 11 is 1.32. The minimum atomic E-state index is -0.108. The number of rotatable bonds is 3. The molecule has 1 aromatic heterocycles. The van der Waals surface area contributed by atoms with E-state index in [1.807, 2.05) is 20.8 Å². The summed E-state index contributed by atoms with van der Waals surface area (Å²) in [5, 5.41) is 7.10. The molecule has 1 fully saturated rings. The lowest BCUT2D eigenvalue weighted by Gasteiger charge is -2.34. The third-order valence-corrected chi connectivity index (χ3v) is 4.70. The maximum absolute atomic E-state index is 12.5. The number of nitrogen functional groups attached to an aromatic ring is 1. The zero-order valence-electron chi connectivity index (χ0n) is 13.4. The maximum atomic E-state index is 12.5. The fourth-order valence-corrected chi connectivity index (χ4v) is 3.65. The van der Waals surface area contributed by atoms with Gasteiger partial charge in [-0.15, -0.1) is 0 Å². The molecule has 21 heavy (non-hydrogen) atoms. The van der Waals surface area contributed by atoms with Crippen LogP contribution >= 0.6 is 11.3 Å². The lowest BCUT2D eigenvalue weighted by molar-refractivity contribution is 0.0887. The highest BCUT2D eigenvalue weighted by Gasteiger charge is 2.30. The van der Waals surface area contributed by atoms with Gasteiger partial charge in [0.15, 0.2) is 5.13 Å². The molecule has 0 bridgehead atoms. The van der Waals surface area contributed by atoms with Crippen molar-refractivity contribution in [2.75, 3.05) is 11.1 Å². The van der Waals surface area contributed by atoms with Crippen LogP contribution in [0.25, 0.3) is 0 Å². The fourth-order valence-electron chi connectivity index (χ4n) is 2.66. The van der Waals surface area contributed by atoms with Crippen molar-refractivity contribution in [1.29, 1.82) is 0 Å². The van der Waals surface area contributed by atoms with Gasteiger partial charge in [-0.3, -0.25) is 4.79 Å². The Morgan fingerprint density at radius 2 is 1.90 bits per heavy atom. The van der Waals surface area contributed by atoms with Crippen molar-refractivity contribution >= 4 is 28.2 Å². The molecule has 0 aromatic carbocycles. The number of aromatic nitrogens is 1. The van der Waals surface area contributed by atoms with Crippen LogP contribution in [0, 0.1) is 0 Å². The summed E-state index contributed by atoms with van der Waals surface area (Å²) in [6, 6.07) is 0. The van der Waals surface area contributed by atoms with Crippen LogP contribution in [0.4, 0.5) is 10.9 Å². The Morgan fingerprint density at radius 3 is 2.48 bits per heavy atom. The van der Waals surface area contributed by atoms with E-state index in [0.29, 0.717) is 15.8 Å². The highest BCUT2D eigenvalue weighted by Crippen LogP contribution is 2.31. The van der Waals surface area contributed by atoms with E-state index in [0.717, 1.165) is 12.8 Å². The molecule has 118 valence electrons. The van der Waals surface area contributed by atoms with Crippen molar-refractivity contribution in [2.45, 2.75) is 70.9 Å². The average molecular weight is 310 g/mol. The van der Waals surface area contributed by atoms with Gasteiger partial charge in [0.2, 0.25) is 0 Å². The second-order valence-corrected chi connectivity index (χ2v) is 8.18. The van der Waals surface area contributed by atoms with Crippen LogP contribution in [-0.4, -0.2) is 22.0 Å². The first-order valence-corrected chi connectivity index (χ1v) is 8.37. The summed E-state index contributed by atoms with van der Waals surface area (Å²) in [4.78, 5) is 17.2. The van der Waals surface area contributed by atoms with E-state index in [1.165, 1.54) is 30.6 Å². The van der Waals surface area contributed by atoms with Crippen LogP contribution in [-0.2, 0) is 0 Å². The molecule has 0 atom stereocenters. The smallest absolute Gasteiger partial charge is 0.265 e. The first-order valence-electron chi connectivity index (χ1n) is 7.56. The van der Waals surface area contributed by atoms with Gasteiger partial charge >= 0.3 is 0 Å². The van der Waals surface area contributed by atoms with Crippen LogP contribution < -0.4 is 16.4 Å². The molecule has 1 aliphatic rings. The molecular weight excluding hydrogens is 284 g/mol.